The Balaban J connectivity index is 1.35. The van der Waals surface area contributed by atoms with Crippen LogP contribution in [0.1, 0.15) is 41.0 Å². The lowest BCUT2D eigenvalue weighted by atomic mass is 10.3. The largest absolute Gasteiger partial charge is 0.350 e. The van der Waals surface area contributed by atoms with Crippen LogP contribution in [0, 0.1) is 0 Å². The Morgan fingerprint density at radius 2 is 2.38 bits per heavy atom. The number of nitrogens with one attached hydrogen (secondary N) is 1. The molecule has 1 N–H and O–H groups in total. The Morgan fingerprint density at radius 3 is 3.12 bits per heavy atom. The van der Waals surface area contributed by atoms with Crippen molar-refractivity contribution < 1.29 is 9.32 Å². The topological polar surface area (TPSA) is 85.8 Å². The summed E-state index contributed by atoms with van der Waals surface area (Å²) >= 11 is 1.62. The van der Waals surface area contributed by atoms with Gasteiger partial charge < -0.3 is 9.84 Å². The van der Waals surface area contributed by atoms with Crippen molar-refractivity contribution in [1.82, 2.24) is 25.2 Å². The minimum Gasteiger partial charge on any atom is -0.350 e. The molecule has 1 aliphatic carbocycles. The van der Waals surface area contributed by atoms with E-state index in [9.17, 15) is 4.79 Å². The van der Waals surface area contributed by atoms with E-state index in [1.165, 1.54) is 0 Å². The molecule has 0 saturated heterocycles. The fourth-order valence-corrected chi connectivity index (χ4v) is 3.26. The van der Waals surface area contributed by atoms with Crippen LogP contribution in [0.5, 0.6) is 0 Å². The van der Waals surface area contributed by atoms with Crippen molar-refractivity contribution in [3.8, 4) is 10.6 Å². The molecular formula is C16H17N5O2S. The van der Waals surface area contributed by atoms with E-state index in [4.69, 9.17) is 4.52 Å². The van der Waals surface area contributed by atoms with Crippen LogP contribution >= 0.6 is 11.3 Å². The molecule has 3 aromatic heterocycles. The fourth-order valence-electron chi connectivity index (χ4n) is 2.48. The van der Waals surface area contributed by atoms with Crippen molar-refractivity contribution in [1.29, 1.82) is 0 Å². The number of amides is 1. The van der Waals surface area contributed by atoms with Crippen LogP contribution in [-0.2, 0) is 13.5 Å². The highest BCUT2D eigenvalue weighted by Crippen LogP contribution is 2.38. The molecular weight excluding hydrogens is 326 g/mol. The highest BCUT2D eigenvalue weighted by molar-refractivity contribution is 7.13. The molecule has 124 valence electrons. The quantitative estimate of drug-likeness (QED) is 0.743. The van der Waals surface area contributed by atoms with E-state index in [1.54, 1.807) is 22.1 Å². The van der Waals surface area contributed by atoms with Crippen molar-refractivity contribution >= 4 is 17.2 Å². The van der Waals surface area contributed by atoms with Crippen molar-refractivity contribution in [3.05, 3.63) is 41.0 Å². The first-order valence-electron chi connectivity index (χ1n) is 7.89. The second kappa shape index (κ2) is 6.20. The van der Waals surface area contributed by atoms with Crippen molar-refractivity contribution in [2.75, 3.05) is 6.54 Å². The van der Waals surface area contributed by atoms with Crippen molar-refractivity contribution in [2.45, 2.75) is 25.2 Å². The minimum atomic E-state index is -0.199. The van der Waals surface area contributed by atoms with E-state index < -0.39 is 0 Å². The lowest BCUT2D eigenvalue weighted by molar-refractivity contribution is 0.0947. The Labute approximate surface area is 142 Å². The number of aromatic nitrogens is 4. The first-order valence-corrected chi connectivity index (χ1v) is 8.77. The Bertz CT molecular complexity index is 848. The van der Waals surface area contributed by atoms with E-state index in [0.29, 0.717) is 30.5 Å². The van der Waals surface area contributed by atoms with Gasteiger partial charge in [0.15, 0.2) is 11.5 Å². The third kappa shape index (κ3) is 3.09. The van der Waals surface area contributed by atoms with Gasteiger partial charge in [-0.1, -0.05) is 11.2 Å². The molecule has 1 aliphatic rings. The van der Waals surface area contributed by atoms with E-state index in [2.05, 4.69) is 20.6 Å². The van der Waals surface area contributed by atoms with Crippen LogP contribution in [-0.4, -0.2) is 32.4 Å². The maximum absolute atomic E-state index is 12.2. The Morgan fingerprint density at radius 1 is 1.50 bits per heavy atom. The van der Waals surface area contributed by atoms with Gasteiger partial charge in [-0.2, -0.15) is 10.1 Å². The van der Waals surface area contributed by atoms with Crippen LogP contribution < -0.4 is 5.32 Å². The van der Waals surface area contributed by atoms with Crippen molar-refractivity contribution in [2.24, 2.45) is 7.05 Å². The van der Waals surface area contributed by atoms with Gasteiger partial charge in [0.2, 0.25) is 5.89 Å². The fraction of sp³-hybridized carbons (Fsp3) is 0.375. The lowest BCUT2D eigenvalue weighted by Gasteiger charge is -1.99. The van der Waals surface area contributed by atoms with Crippen LogP contribution in [0.3, 0.4) is 0 Å². The monoisotopic (exact) mass is 343 g/mol. The zero-order valence-electron chi connectivity index (χ0n) is 13.2. The van der Waals surface area contributed by atoms with E-state index in [-0.39, 0.29) is 5.91 Å². The van der Waals surface area contributed by atoms with E-state index >= 15 is 0 Å². The molecule has 1 saturated carbocycles. The normalized spacial score (nSPS) is 14.0. The first kappa shape index (κ1) is 15.1. The standard InChI is InChI=1S/C16H17N5O2S/c1-21-12(13-3-2-8-24-13)9-11(19-21)16(22)17-7-6-14-18-15(20-23-14)10-4-5-10/h2-3,8-10H,4-7H2,1H3,(H,17,22). The zero-order chi connectivity index (χ0) is 16.5. The predicted octanol–water partition coefficient (Wildman–Crippen LogP) is 2.38. The van der Waals surface area contributed by atoms with Crippen molar-refractivity contribution in [3.63, 3.8) is 0 Å². The van der Waals surface area contributed by atoms with Gasteiger partial charge in [-0.05, 0) is 30.4 Å². The van der Waals surface area contributed by atoms with Gasteiger partial charge in [0.1, 0.15) is 0 Å². The molecule has 1 amide bonds. The summed E-state index contributed by atoms with van der Waals surface area (Å²) in [6.45, 7) is 0.441. The third-order valence-corrected chi connectivity index (χ3v) is 4.83. The molecule has 3 aromatic rings. The van der Waals surface area contributed by atoms with Gasteiger partial charge >= 0.3 is 0 Å². The van der Waals surface area contributed by atoms with E-state index in [1.807, 2.05) is 24.6 Å². The number of carbonyl (C=O) groups is 1. The summed E-state index contributed by atoms with van der Waals surface area (Å²) < 4.78 is 6.92. The summed E-state index contributed by atoms with van der Waals surface area (Å²) in [6.07, 6.45) is 2.81. The van der Waals surface area contributed by atoms with Gasteiger partial charge in [-0.25, -0.2) is 0 Å². The van der Waals surface area contributed by atoms with Gasteiger partial charge in [0, 0.05) is 25.9 Å². The summed E-state index contributed by atoms with van der Waals surface area (Å²) in [6, 6.07) is 5.79. The highest BCUT2D eigenvalue weighted by atomic mass is 32.1. The SMILES string of the molecule is Cn1nc(C(=O)NCCc2nc(C3CC3)no2)cc1-c1cccs1. The molecule has 0 radical (unpaired) electrons. The lowest BCUT2D eigenvalue weighted by Crippen LogP contribution is -2.26. The van der Waals surface area contributed by atoms with Crippen LogP contribution in [0.2, 0.25) is 0 Å². The molecule has 1 fully saturated rings. The van der Waals surface area contributed by atoms with E-state index in [0.717, 1.165) is 29.2 Å². The molecule has 24 heavy (non-hydrogen) atoms. The molecule has 3 heterocycles. The number of aryl methyl sites for hydroxylation is 1. The number of carbonyl (C=O) groups excluding carboxylic acids is 1. The summed E-state index contributed by atoms with van der Waals surface area (Å²) in [4.78, 5) is 17.7. The number of hydrogen-bond donors (Lipinski definition) is 1. The maximum atomic E-state index is 12.2. The first-order chi connectivity index (χ1) is 11.7. The molecule has 7 nitrogen and oxygen atoms in total. The van der Waals surface area contributed by atoms with Crippen LogP contribution in [0.25, 0.3) is 10.6 Å². The molecule has 0 aromatic carbocycles. The zero-order valence-corrected chi connectivity index (χ0v) is 14.0. The summed E-state index contributed by atoms with van der Waals surface area (Å²) in [7, 11) is 1.84. The van der Waals surface area contributed by atoms with Gasteiger partial charge in [0.05, 0.1) is 10.6 Å². The molecule has 0 aliphatic heterocycles. The highest BCUT2D eigenvalue weighted by Gasteiger charge is 2.28. The Kier molecular flexibility index (Phi) is 3.89. The van der Waals surface area contributed by atoms with Gasteiger partial charge in [-0.15, -0.1) is 11.3 Å². The average molecular weight is 343 g/mol. The van der Waals surface area contributed by atoms with Gasteiger partial charge in [-0.3, -0.25) is 9.48 Å². The smallest absolute Gasteiger partial charge is 0.271 e. The molecule has 4 rings (SSSR count). The third-order valence-electron chi connectivity index (χ3n) is 3.94. The Hall–Kier alpha value is -2.48. The predicted molar refractivity (Wildman–Crippen MR) is 88.8 cm³/mol. The van der Waals surface area contributed by atoms with Crippen LogP contribution in [0.4, 0.5) is 0 Å². The summed E-state index contributed by atoms with van der Waals surface area (Å²) in [5, 5.41) is 13.1. The summed E-state index contributed by atoms with van der Waals surface area (Å²) in [5.41, 5.74) is 1.34. The second-order valence-corrected chi connectivity index (χ2v) is 6.79. The number of nitrogens with zero attached hydrogens (tertiary/aromatic N) is 4. The second-order valence-electron chi connectivity index (χ2n) is 5.84. The minimum absolute atomic E-state index is 0.199. The molecule has 8 heteroatoms. The maximum Gasteiger partial charge on any atom is 0.271 e. The molecule has 0 spiro atoms. The van der Waals surface area contributed by atoms with Gasteiger partial charge in [0.25, 0.3) is 5.91 Å². The number of thiophene rings is 1. The molecule has 0 atom stereocenters. The number of rotatable bonds is 6. The number of hydrogen-bond acceptors (Lipinski definition) is 6. The summed E-state index contributed by atoms with van der Waals surface area (Å²) in [5.74, 6) is 1.63. The average Bonchev–Trinajstić information content (AvgIpc) is 2.99. The molecule has 0 unspecified atom stereocenters. The molecule has 0 bridgehead atoms. The van der Waals surface area contributed by atoms with Crippen LogP contribution in [0.15, 0.2) is 28.1 Å².